The first kappa shape index (κ1) is 6.70. The van der Waals surface area contributed by atoms with Crippen molar-refractivity contribution in [3.05, 3.63) is 11.8 Å². The fourth-order valence-electron chi connectivity index (χ4n) is 1.67. The van der Waals surface area contributed by atoms with E-state index in [0.29, 0.717) is 11.7 Å². The number of hydrogen-bond donors (Lipinski definition) is 2. The molecule has 1 aliphatic carbocycles. The van der Waals surface area contributed by atoms with Crippen molar-refractivity contribution in [3.63, 3.8) is 0 Å². The number of H-pyrrole nitrogens is 1. The van der Waals surface area contributed by atoms with Crippen molar-refractivity contribution in [1.82, 2.24) is 10.2 Å². The molecular weight excluding hydrogens is 138 g/mol. The maximum absolute atomic E-state index is 5.50. The van der Waals surface area contributed by atoms with E-state index < -0.39 is 0 Å². The lowest BCUT2D eigenvalue weighted by Crippen LogP contribution is -2.20. The molecule has 0 radical (unpaired) electrons. The predicted molar refractivity (Wildman–Crippen MR) is 44.1 cm³/mol. The van der Waals surface area contributed by atoms with E-state index >= 15 is 0 Å². The highest BCUT2D eigenvalue weighted by Crippen LogP contribution is 2.41. The lowest BCUT2D eigenvalue weighted by Gasteiger charge is -2.32. The van der Waals surface area contributed by atoms with Crippen molar-refractivity contribution in [2.75, 3.05) is 5.73 Å². The standard InChI is InChI=1S/C8H13N3/c1-5-2-3-6(5)7-4-8(9)11-10-7/h4-6H,2-3H2,1H3,(H3,9,10,11)/t5-,6+/m0/s1. The minimum absolute atomic E-state index is 0.610. The average molecular weight is 151 g/mol. The van der Waals surface area contributed by atoms with Crippen LogP contribution in [-0.4, -0.2) is 10.2 Å². The molecule has 0 bridgehead atoms. The van der Waals surface area contributed by atoms with Crippen LogP contribution in [0.5, 0.6) is 0 Å². The minimum atomic E-state index is 0.610. The summed E-state index contributed by atoms with van der Waals surface area (Å²) in [6.45, 7) is 2.27. The summed E-state index contributed by atoms with van der Waals surface area (Å²) in [6, 6.07) is 1.94. The summed E-state index contributed by atoms with van der Waals surface area (Å²) in [4.78, 5) is 0. The lowest BCUT2D eigenvalue weighted by atomic mass is 9.73. The quantitative estimate of drug-likeness (QED) is 0.639. The maximum Gasteiger partial charge on any atom is 0.145 e. The van der Waals surface area contributed by atoms with Crippen molar-refractivity contribution < 1.29 is 0 Å². The van der Waals surface area contributed by atoms with Gasteiger partial charge < -0.3 is 5.73 Å². The molecule has 1 heterocycles. The lowest BCUT2D eigenvalue weighted by molar-refractivity contribution is 0.274. The SMILES string of the molecule is C[C@H]1CC[C@H]1c1cc(N)n[nH]1. The fraction of sp³-hybridized carbons (Fsp3) is 0.625. The molecule has 2 rings (SSSR count). The van der Waals surface area contributed by atoms with Gasteiger partial charge in [0, 0.05) is 17.7 Å². The van der Waals surface area contributed by atoms with E-state index in [1.165, 1.54) is 18.5 Å². The molecular formula is C8H13N3. The second kappa shape index (κ2) is 2.26. The Labute approximate surface area is 66.0 Å². The van der Waals surface area contributed by atoms with Gasteiger partial charge in [-0.2, -0.15) is 5.10 Å². The zero-order valence-corrected chi connectivity index (χ0v) is 6.67. The molecule has 0 aromatic carbocycles. The number of nitrogens with two attached hydrogens (primary N) is 1. The van der Waals surface area contributed by atoms with Crippen LogP contribution < -0.4 is 5.73 Å². The van der Waals surface area contributed by atoms with Gasteiger partial charge in [-0.15, -0.1) is 0 Å². The Bertz CT molecular complexity index is 254. The molecule has 60 valence electrons. The molecule has 2 atom stereocenters. The Morgan fingerprint density at radius 2 is 2.45 bits per heavy atom. The highest BCUT2D eigenvalue weighted by atomic mass is 15.2. The first-order valence-corrected chi connectivity index (χ1v) is 4.08. The Morgan fingerprint density at radius 3 is 2.82 bits per heavy atom. The van der Waals surface area contributed by atoms with Crippen LogP contribution in [-0.2, 0) is 0 Å². The molecule has 0 spiro atoms. The Hall–Kier alpha value is -0.990. The molecule has 1 aliphatic rings. The van der Waals surface area contributed by atoms with Gasteiger partial charge in [0.05, 0.1) is 0 Å². The summed E-state index contributed by atoms with van der Waals surface area (Å²) >= 11 is 0. The summed E-state index contributed by atoms with van der Waals surface area (Å²) < 4.78 is 0. The summed E-state index contributed by atoms with van der Waals surface area (Å²) in [6.07, 6.45) is 2.62. The molecule has 11 heavy (non-hydrogen) atoms. The fourth-order valence-corrected chi connectivity index (χ4v) is 1.67. The van der Waals surface area contributed by atoms with Crippen molar-refractivity contribution in [2.45, 2.75) is 25.7 Å². The van der Waals surface area contributed by atoms with Crippen LogP contribution in [0.2, 0.25) is 0 Å². The number of anilines is 1. The highest BCUT2D eigenvalue weighted by molar-refractivity contribution is 5.31. The van der Waals surface area contributed by atoms with Crippen LogP contribution >= 0.6 is 0 Å². The molecule has 3 heteroatoms. The molecule has 0 saturated heterocycles. The third-order valence-corrected chi connectivity index (χ3v) is 2.64. The Morgan fingerprint density at radius 1 is 1.64 bits per heavy atom. The summed E-state index contributed by atoms with van der Waals surface area (Å²) in [5, 5.41) is 6.87. The number of hydrogen-bond acceptors (Lipinski definition) is 2. The van der Waals surface area contributed by atoms with E-state index in [1.807, 2.05) is 6.07 Å². The molecule has 0 aliphatic heterocycles. The number of rotatable bonds is 1. The smallest absolute Gasteiger partial charge is 0.145 e. The number of nitrogens with zero attached hydrogens (tertiary/aromatic N) is 1. The summed E-state index contributed by atoms with van der Waals surface area (Å²) in [5.74, 6) is 2.09. The van der Waals surface area contributed by atoms with E-state index in [-0.39, 0.29) is 0 Å². The van der Waals surface area contributed by atoms with E-state index in [4.69, 9.17) is 5.73 Å². The molecule has 3 nitrogen and oxygen atoms in total. The molecule has 1 aromatic rings. The zero-order chi connectivity index (χ0) is 7.84. The van der Waals surface area contributed by atoms with Crippen molar-refractivity contribution >= 4 is 5.82 Å². The van der Waals surface area contributed by atoms with E-state index in [0.717, 1.165) is 5.92 Å². The zero-order valence-electron chi connectivity index (χ0n) is 6.67. The maximum atomic E-state index is 5.50. The Kier molecular flexibility index (Phi) is 1.37. The Balaban J connectivity index is 2.16. The second-order valence-electron chi connectivity index (χ2n) is 3.41. The predicted octanol–water partition coefficient (Wildman–Crippen LogP) is 1.51. The number of nitrogens with one attached hydrogen (secondary N) is 1. The number of aromatic amines is 1. The molecule has 1 saturated carbocycles. The van der Waals surface area contributed by atoms with Crippen LogP contribution in [0, 0.1) is 5.92 Å². The normalized spacial score (nSPS) is 29.9. The van der Waals surface area contributed by atoms with Crippen molar-refractivity contribution in [3.8, 4) is 0 Å². The van der Waals surface area contributed by atoms with Gasteiger partial charge in [0.1, 0.15) is 5.82 Å². The average Bonchev–Trinajstić information content (AvgIpc) is 2.33. The monoisotopic (exact) mass is 151 g/mol. The van der Waals surface area contributed by atoms with Crippen LogP contribution in [0.1, 0.15) is 31.4 Å². The topological polar surface area (TPSA) is 54.7 Å². The third kappa shape index (κ3) is 1.00. The van der Waals surface area contributed by atoms with E-state index in [2.05, 4.69) is 17.1 Å². The van der Waals surface area contributed by atoms with Gasteiger partial charge >= 0.3 is 0 Å². The molecule has 1 aromatic heterocycles. The number of aromatic nitrogens is 2. The summed E-state index contributed by atoms with van der Waals surface area (Å²) in [5.41, 5.74) is 6.71. The third-order valence-electron chi connectivity index (χ3n) is 2.64. The van der Waals surface area contributed by atoms with Gasteiger partial charge in [-0.25, -0.2) is 0 Å². The summed E-state index contributed by atoms with van der Waals surface area (Å²) in [7, 11) is 0. The van der Waals surface area contributed by atoms with Gasteiger partial charge in [-0.1, -0.05) is 6.92 Å². The van der Waals surface area contributed by atoms with E-state index in [9.17, 15) is 0 Å². The van der Waals surface area contributed by atoms with Gasteiger partial charge in [0.2, 0.25) is 0 Å². The van der Waals surface area contributed by atoms with E-state index in [1.54, 1.807) is 0 Å². The molecule has 1 fully saturated rings. The van der Waals surface area contributed by atoms with Gasteiger partial charge in [0.25, 0.3) is 0 Å². The highest BCUT2D eigenvalue weighted by Gasteiger charge is 2.29. The molecule has 0 amide bonds. The van der Waals surface area contributed by atoms with Gasteiger partial charge in [-0.05, 0) is 18.8 Å². The molecule has 3 N–H and O–H groups in total. The largest absolute Gasteiger partial charge is 0.382 e. The minimum Gasteiger partial charge on any atom is -0.382 e. The first-order valence-electron chi connectivity index (χ1n) is 4.08. The van der Waals surface area contributed by atoms with Crippen LogP contribution in [0.3, 0.4) is 0 Å². The van der Waals surface area contributed by atoms with Crippen molar-refractivity contribution in [1.29, 1.82) is 0 Å². The van der Waals surface area contributed by atoms with Gasteiger partial charge in [-0.3, -0.25) is 5.10 Å². The van der Waals surface area contributed by atoms with Crippen LogP contribution in [0.15, 0.2) is 6.07 Å². The van der Waals surface area contributed by atoms with Crippen molar-refractivity contribution in [2.24, 2.45) is 5.92 Å². The number of nitrogen functional groups attached to an aromatic ring is 1. The van der Waals surface area contributed by atoms with Crippen LogP contribution in [0.25, 0.3) is 0 Å². The second-order valence-corrected chi connectivity index (χ2v) is 3.41. The first-order chi connectivity index (χ1) is 5.27. The van der Waals surface area contributed by atoms with Crippen LogP contribution in [0.4, 0.5) is 5.82 Å². The van der Waals surface area contributed by atoms with Gasteiger partial charge in [0.15, 0.2) is 0 Å². The molecule has 0 unspecified atom stereocenters.